The summed E-state index contributed by atoms with van der Waals surface area (Å²) < 4.78 is 8.66. The number of rotatable bonds is 6. The molecular formula is C9H19N3O5. The highest BCUT2D eigenvalue weighted by Crippen LogP contribution is 1.80. The molecule has 0 radical (unpaired) electrons. The predicted molar refractivity (Wildman–Crippen MR) is 60.2 cm³/mol. The summed E-state index contributed by atoms with van der Waals surface area (Å²) in [6.45, 7) is -0.0804. The smallest absolute Gasteiger partial charge is 0.408 e. The molecule has 2 amide bonds. The molecular weight excluding hydrogens is 230 g/mol. The van der Waals surface area contributed by atoms with Gasteiger partial charge in [-0.25, -0.2) is 9.59 Å². The monoisotopic (exact) mass is 249 g/mol. The van der Waals surface area contributed by atoms with Crippen molar-refractivity contribution in [1.82, 2.24) is 10.6 Å². The van der Waals surface area contributed by atoms with Gasteiger partial charge in [0.2, 0.25) is 5.91 Å². The Kier molecular flexibility index (Phi) is 11.0. The molecule has 0 aliphatic rings. The topological polar surface area (TPSA) is 120 Å². The second-order valence-electron chi connectivity index (χ2n) is 2.64. The summed E-state index contributed by atoms with van der Waals surface area (Å²) >= 11 is 0. The molecule has 0 atom stereocenters. The Labute approximate surface area is 99.8 Å². The number of nitrogens with two attached hydrogens (primary N) is 1. The van der Waals surface area contributed by atoms with Crippen LogP contribution in [0.5, 0.6) is 0 Å². The van der Waals surface area contributed by atoms with Gasteiger partial charge in [0, 0.05) is 13.1 Å². The second-order valence-corrected chi connectivity index (χ2v) is 2.64. The van der Waals surface area contributed by atoms with Gasteiger partial charge >= 0.3 is 12.1 Å². The quantitative estimate of drug-likeness (QED) is 0.498. The fourth-order valence-electron chi connectivity index (χ4n) is 0.661. The Morgan fingerprint density at radius 2 is 1.88 bits per heavy atom. The zero-order chi connectivity index (χ0) is 12.4. The third-order valence-electron chi connectivity index (χ3n) is 1.41. The van der Waals surface area contributed by atoms with Gasteiger partial charge in [0.25, 0.3) is 0 Å². The predicted octanol–water partition coefficient (Wildman–Crippen LogP) is -1.40. The van der Waals surface area contributed by atoms with Crippen LogP contribution in [0.4, 0.5) is 4.79 Å². The minimum atomic E-state index is -0.867. The van der Waals surface area contributed by atoms with E-state index in [4.69, 9.17) is 5.73 Å². The normalized spacial score (nSPS) is 8.59. The van der Waals surface area contributed by atoms with E-state index in [2.05, 4.69) is 20.1 Å². The largest absolute Gasteiger partial charge is 0.466 e. The average Bonchev–Trinajstić information content (AvgIpc) is 2.30. The van der Waals surface area contributed by atoms with Gasteiger partial charge < -0.3 is 25.8 Å². The number of hydrogen-bond donors (Lipinski definition) is 3. The number of methoxy groups -OCH3 is 1. The van der Waals surface area contributed by atoms with Gasteiger partial charge in [0.05, 0.1) is 13.7 Å². The first-order valence-corrected chi connectivity index (χ1v) is 4.54. The van der Waals surface area contributed by atoms with E-state index in [-0.39, 0.29) is 19.9 Å². The minimum absolute atomic E-state index is 0. The van der Waals surface area contributed by atoms with Crippen molar-refractivity contribution in [3.63, 3.8) is 0 Å². The van der Waals surface area contributed by atoms with Gasteiger partial charge in [0.15, 0.2) is 6.61 Å². The first-order valence-electron chi connectivity index (χ1n) is 4.54. The number of nitrogens with one attached hydrogen (secondary N) is 2. The van der Waals surface area contributed by atoms with Crippen LogP contribution in [0.3, 0.4) is 0 Å². The number of amides is 2. The molecule has 0 heterocycles. The van der Waals surface area contributed by atoms with Gasteiger partial charge in [-0.15, -0.1) is 0 Å². The Hall–Kier alpha value is -1.83. The maximum absolute atomic E-state index is 11.0. The molecule has 0 rings (SSSR count). The fraction of sp³-hybridized carbons (Fsp3) is 0.667. The molecule has 0 unspecified atom stereocenters. The van der Waals surface area contributed by atoms with Gasteiger partial charge in [0.1, 0.15) is 0 Å². The summed E-state index contributed by atoms with van der Waals surface area (Å²) in [7, 11) is 1.17. The lowest BCUT2D eigenvalue weighted by atomic mass is 10.5. The summed E-state index contributed by atoms with van der Waals surface area (Å²) in [4.78, 5) is 32.4. The zero-order valence-electron chi connectivity index (χ0n) is 8.95. The van der Waals surface area contributed by atoms with Crippen molar-refractivity contribution in [2.24, 2.45) is 5.73 Å². The molecule has 0 saturated carbocycles. The van der Waals surface area contributed by atoms with Gasteiger partial charge in [-0.05, 0) is 0 Å². The molecule has 0 fully saturated rings. The third-order valence-corrected chi connectivity index (χ3v) is 1.41. The van der Waals surface area contributed by atoms with Crippen molar-refractivity contribution in [3.05, 3.63) is 0 Å². The Morgan fingerprint density at radius 3 is 2.41 bits per heavy atom. The lowest BCUT2D eigenvalue weighted by Crippen LogP contribution is -2.39. The summed E-state index contributed by atoms with van der Waals surface area (Å²) in [5, 5.41) is 4.59. The van der Waals surface area contributed by atoms with Crippen molar-refractivity contribution in [2.45, 2.75) is 7.43 Å². The summed E-state index contributed by atoms with van der Waals surface area (Å²) in [6.07, 6.45) is -0.867. The first-order chi connectivity index (χ1) is 7.60. The Balaban J connectivity index is 0. The van der Waals surface area contributed by atoms with Crippen LogP contribution < -0.4 is 16.4 Å². The molecule has 4 N–H and O–H groups in total. The molecule has 100 valence electrons. The van der Waals surface area contributed by atoms with Gasteiger partial charge in [-0.2, -0.15) is 0 Å². The van der Waals surface area contributed by atoms with E-state index in [0.717, 1.165) is 0 Å². The summed E-state index contributed by atoms with van der Waals surface area (Å²) in [5.74, 6) is -1.07. The van der Waals surface area contributed by atoms with Crippen LogP contribution in [0.25, 0.3) is 0 Å². The standard InChI is InChI=1S/C8H15N3O5.CH4/c1-15-7(13)5-16-8(14)11-4-6(12)10-3-2-9;/h2-5,9H2,1H3,(H,10,12)(H,11,14);1H4. The SMILES string of the molecule is C.COC(=O)COC(=O)NCC(=O)NCCN. The summed E-state index contributed by atoms with van der Waals surface area (Å²) in [5.41, 5.74) is 5.15. The van der Waals surface area contributed by atoms with Crippen LogP contribution in [0.15, 0.2) is 0 Å². The van der Waals surface area contributed by atoms with E-state index in [1.165, 1.54) is 7.11 Å². The van der Waals surface area contributed by atoms with Crippen LogP contribution in [0.1, 0.15) is 7.43 Å². The lowest BCUT2D eigenvalue weighted by molar-refractivity contribution is -0.143. The van der Waals surface area contributed by atoms with Crippen LogP contribution in [0.2, 0.25) is 0 Å². The molecule has 8 nitrogen and oxygen atoms in total. The van der Waals surface area contributed by atoms with Crippen LogP contribution in [-0.4, -0.2) is 51.3 Å². The maximum Gasteiger partial charge on any atom is 0.408 e. The van der Waals surface area contributed by atoms with Crippen molar-refractivity contribution in [3.8, 4) is 0 Å². The number of esters is 1. The molecule has 0 aliphatic heterocycles. The molecule has 0 aromatic carbocycles. The maximum atomic E-state index is 11.0. The first kappa shape index (κ1) is 17.6. The van der Waals surface area contributed by atoms with Crippen molar-refractivity contribution >= 4 is 18.0 Å². The van der Waals surface area contributed by atoms with E-state index in [1.807, 2.05) is 0 Å². The Morgan fingerprint density at radius 1 is 1.24 bits per heavy atom. The Bertz CT molecular complexity index is 257. The highest BCUT2D eigenvalue weighted by atomic mass is 16.6. The molecule has 0 spiro atoms. The van der Waals surface area contributed by atoms with Crippen LogP contribution in [-0.2, 0) is 19.1 Å². The highest BCUT2D eigenvalue weighted by Gasteiger charge is 2.08. The lowest BCUT2D eigenvalue weighted by Gasteiger charge is -2.06. The van der Waals surface area contributed by atoms with Crippen LogP contribution in [0, 0.1) is 0 Å². The van der Waals surface area contributed by atoms with E-state index < -0.39 is 18.7 Å². The van der Waals surface area contributed by atoms with Crippen LogP contribution >= 0.6 is 0 Å². The average molecular weight is 249 g/mol. The zero-order valence-corrected chi connectivity index (χ0v) is 8.95. The second kappa shape index (κ2) is 10.7. The highest BCUT2D eigenvalue weighted by molar-refractivity contribution is 5.82. The fourth-order valence-corrected chi connectivity index (χ4v) is 0.661. The summed E-state index contributed by atoms with van der Waals surface area (Å²) in [6, 6.07) is 0. The van der Waals surface area contributed by atoms with Crippen molar-refractivity contribution in [2.75, 3.05) is 33.4 Å². The number of hydrogen-bond acceptors (Lipinski definition) is 6. The number of carbonyl (C=O) groups is 3. The van der Waals surface area contributed by atoms with Gasteiger partial charge in [-0.1, -0.05) is 7.43 Å². The molecule has 0 aromatic heterocycles. The molecule has 0 bridgehead atoms. The number of ether oxygens (including phenoxy) is 2. The molecule has 0 aromatic rings. The minimum Gasteiger partial charge on any atom is -0.466 e. The van der Waals surface area contributed by atoms with Gasteiger partial charge in [-0.3, -0.25) is 4.79 Å². The van der Waals surface area contributed by atoms with Crippen molar-refractivity contribution < 1.29 is 23.9 Å². The molecule has 0 saturated heterocycles. The number of carbonyl (C=O) groups excluding carboxylic acids is 3. The number of alkyl carbamates (subject to hydrolysis) is 1. The molecule has 0 aliphatic carbocycles. The van der Waals surface area contributed by atoms with E-state index in [0.29, 0.717) is 13.1 Å². The molecule has 17 heavy (non-hydrogen) atoms. The van der Waals surface area contributed by atoms with E-state index >= 15 is 0 Å². The van der Waals surface area contributed by atoms with E-state index in [9.17, 15) is 14.4 Å². The van der Waals surface area contributed by atoms with E-state index in [1.54, 1.807) is 0 Å². The third kappa shape index (κ3) is 10.5. The van der Waals surface area contributed by atoms with Crippen molar-refractivity contribution in [1.29, 1.82) is 0 Å². The molecule has 8 heteroatoms.